The van der Waals surface area contributed by atoms with Crippen LogP contribution in [-0.4, -0.2) is 25.9 Å². The molecular weight excluding hydrogens is 425 g/mol. The zero-order valence-electron chi connectivity index (χ0n) is 14.9. The van der Waals surface area contributed by atoms with Crippen molar-refractivity contribution in [2.24, 2.45) is 0 Å². The summed E-state index contributed by atoms with van der Waals surface area (Å²) in [4.78, 5) is 13.2. The number of aryl methyl sites for hydroxylation is 1. The first-order chi connectivity index (χ1) is 13.7. The van der Waals surface area contributed by atoms with Gasteiger partial charge in [0.2, 0.25) is 5.16 Å². The van der Waals surface area contributed by atoms with E-state index in [2.05, 4.69) is 15.6 Å². The van der Waals surface area contributed by atoms with E-state index in [0.717, 1.165) is 22.0 Å². The normalized spacial score (nSPS) is 18.8. The van der Waals surface area contributed by atoms with Crippen LogP contribution in [0.25, 0.3) is 0 Å². The van der Waals surface area contributed by atoms with Crippen molar-refractivity contribution < 1.29 is 18.0 Å². The molecule has 0 saturated carbocycles. The fourth-order valence-corrected chi connectivity index (χ4v) is 4.32. The molecule has 29 heavy (non-hydrogen) atoms. The second kappa shape index (κ2) is 7.38. The molecule has 0 fully saturated rings. The van der Waals surface area contributed by atoms with Gasteiger partial charge in [-0.1, -0.05) is 65.3 Å². The van der Waals surface area contributed by atoms with E-state index in [1.165, 1.54) is 0 Å². The Morgan fingerprint density at radius 3 is 2.38 bits per heavy atom. The number of benzene rings is 2. The molecule has 0 radical (unpaired) electrons. The van der Waals surface area contributed by atoms with E-state index in [4.69, 9.17) is 11.6 Å². The predicted octanol–water partition coefficient (Wildman–Crippen LogP) is 4.90. The van der Waals surface area contributed by atoms with Gasteiger partial charge < -0.3 is 5.43 Å². The first kappa shape index (κ1) is 19.8. The third-order valence-electron chi connectivity index (χ3n) is 4.51. The van der Waals surface area contributed by atoms with E-state index in [1.807, 2.05) is 19.1 Å². The summed E-state index contributed by atoms with van der Waals surface area (Å²) >= 11 is 6.89. The van der Waals surface area contributed by atoms with Crippen molar-refractivity contribution in [2.75, 3.05) is 5.43 Å². The molecule has 4 rings (SSSR count). The van der Waals surface area contributed by atoms with E-state index in [9.17, 15) is 18.0 Å². The van der Waals surface area contributed by atoms with Gasteiger partial charge in [-0.2, -0.15) is 13.2 Å². The third kappa shape index (κ3) is 3.84. The van der Waals surface area contributed by atoms with Crippen LogP contribution in [0, 0.1) is 6.92 Å². The van der Waals surface area contributed by atoms with Crippen molar-refractivity contribution in [3.63, 3.8) is 0 Å². The molecule has 150 valence electrons. The van der Waals surface area contributed by atoms with Crippen LogP contribution < -0.4 is 5.43 Å². The van der Waals surface area contributed by atoms with Gasteiger partial charge >= 0.3 is 6.18 Å². The fourth-order valence-electron chi connectivity index (χ4n) is 3.04. The Morgan fingerprint density at radius 1 is 1.10 bits per heavy atom. The number of Topliss-reactive ketones (excluding diaryl/α,β-unsaturated/α-hetero) is 1. The summed E-state index contributed by atoms with van der Waals surface area (Å²) in [6, 6.07) is 12.9. The van der Waals surface area contributed by atoms with Crippen LogP contribution in [0.1, 0.15) is 33.4 Å². The summed E-state index contributed by atoms with van der Waals surface area (Å²) in [6.45, 7) is 1.91. The molecule has 10 heteroatoms. The largest absolute Gasteiger partial charge is 0.453 e. The monoisotopic (exact) mass is 438 g/mol. The molecule has 3 aromatic rings. The van der Waals surface area contributed by atoms with E-state index in [0.29, 0.717) is 16.1 Å². The number of carbonyl (C=O) groups excluding carboxylic acids is 1. The van der Waals surface area contributed by atoms with Crippen LogP contribution in [0.5, 0.6) is 0 Å². The molecule has 0 unspecified atom stereocenters. The molecule has 5 nitrogen and oxygen atoms in total. The molecule has 0 saturated heterocycles. The van der Waals surface area contributed by atoms with Gasteiger partial charge in [-0.3, -0.25) is 4.79 Å². The van der Waals surface area contributed by atoms with Gasteiger partial charge in [0.05, 0.1) is 6.04 Å². The van der Waals surface area contributed by atoms with Crippen molar-refractivity contribution >= 4 is 29.1 Å². The number of rotatable bonds is 3. The summed E-state index contributed by atoms with van der Waals surface area (Å²) in [5, 5.41) is 6.61. The lowest BCUT2D eigenvalue weighted by Crippen LogP contribution is -2.40. The van der Waals surface area contributed by atoms with Gasteiger partial charge in [-0.25, -0.2) is 4.68 Å². The standard InChI is InChI=1S/C19H14ClF3N4OS/c1-10-2-4-12(5-3-10)15(28)16-14(11-6-8-13(20)9-7-11)26-27-17(19(21,22)23)24-25-18(27)29-16/h2-9,14,16,26H,1H3/t14-,16+/m1/s1. The molecule has 1 aromatic heterocycles. The topological polar surface area (TPSA) is 59.8 Å². The maximum atomic E-state index is 13.3. The van der Waals surface area contributed by atoms with Crippen LogP contribution in [0.3, 0.4) is 0 Å². The van der Waals surface area contributed by atoms with Crippen LogP contribution >= 0.6 is 23.4 Å². The van der Waals surface area contributed by atoms with Gasteiger partial charge in [0.15, 0.2) is 5.78 Å². The van der Waals surface area contributed by atoms with Crippen molar-refractivity contribution in [1.82, 2.24) is 14.9 Å². The van der Waals surface area contributed by atoms with Gasteiger partial charge in [0.25, 0.3) is 5.82 Å². The SMILES string of the molecule is Cc1ccc(C(=O)[C@H]2Sc3nnc(C(F)(F)F)n3N[C@@H]2c2ccc(Cl)cc2)cc1. The Morgan fingerprint density at radius 2 is 1.76 bits per heavy atom. The van der Waals surface area contributed by atoms with E-state index in [-0.39, 0.29) is 10.9 Å². The summed E-state index contributed by atoms with van der Waals surface area (Å²) < 4.78 is 40.7. The van der Waals surface area contributed by atoms with Crippen LogP contribution in [0.4, 0.5) is 13.2 Å². The first-order valence-corrected chi connectivity index (χ1v) is 9.82. The molecule has 1 aliphatic rings. The van der Waals surface area contributed by atoms with Crippen LogP contribution in [-0.2, 0) is 6.18 Å². The minimum atomic E-state index is -4.68. The Kier molecular flexibility index (Phi) is 5.04. The summed E-state index contributed by atoms with van der Waals surface area (Å²) in [5.41, 5.74) is 4.88. The molecular formula is C19H14ClF3N4OS. The highest BCUT2D eigenvalue weighted by molar-refractivity contribution is 8.00. The molecule has 2 atom stereocenters. The quantitative estimate of drug-likeness (QED) is 0.589. The minimum absolute atomic E-state index is 0.0204. The van der Waals surface area contributed by atoms with E-state index >= 15 is 0 Å². The number of fused-ring (bicyclic) bond motifs is 1. The Hall–Kier alpha value is -2.52. The molecule has 0 aliphatic carbocycles. The highest BCUT2D eigenvalue weighted by Crippen LogP contribution is 2.41. The number of nitrogens with zero attached hydrogens (tertiary/aromatic N) is 3. The zero-order valence-corrected chi connectivity index (χ0v) is 16.5. The van der Waals surface area contributed by atoms with Crippen LogP contribution in [0.15, 0.2) is 53.7 Å². The van der Waals surface area contributed by atoms with Gasteiger partial charge in [0.1, 0.15) is 5.25 Å². The molecule has 0 bridgehead atoms. The Bertz CT molecular complexity index is 1050. The predicted molar refractivity (Wildman–Crippen MR) is 104 cm³/mol. The summed E-state index contributed by atoms with van der Waals surface area (Å²) in [6.07, 6.45) is -4.68. The lowest BCUT2D eigenvalue weighted by atomic mass is 9.97. The molecule has 1 aliphatic heterocycles. The van der Waals surface area contributed by atoms with E-state index < -0.39 is 23.3 Å². The second-order valence-electron chi connectivity index (χ2n) is 6.57. The number of nitrogens with one attached hydrogen (secondary N) is 1. The van der Waals surface area contributed by atoms with Crippen LogP contribution in [0.2, 0.25) is 5.02 Å². The highest BCUT2D eigenvalue weighted by Gasteiger charge is 2.44. The summed E-state index contributed by atoms with van der Waals surface area (Å²) in [7, 11) is 0. The zero-order chi connectivity index (χ0) is 20.8. The van der Waals surface area contributed by atoms with Crippen molar-refractivity contribution in [1.29, 1.82) is 0 Å². The number of thioether (sulfide) groups is 1. The van der Waals surface area contributed by atoms with Gasteiger partial charge in [0, 0.05) is 10.6 Å². The molecule has 2 heterocycles. The number of ketones is 1. The molecule has 2 aromatic carbocycles. The number of hydrogen-bond acceptors (Lipinski definition) is 5. The maximum absolute atomic E-state index is 13.3. The Balaban J connectivity index is 1.77. The highest BCUT2D eigenvalue weighted by atomic mass is 35.5. The third-order valence-corrected chi connectivity index (χ3v) is 5.98. The lowest BCUT2D eigenvalue weighted by molar-refractivity contribution is -0.147. The Labute approximate surface area is 173 Å². The average Bonchev–Trinajstić information content (AvgIpc) is 3.11. The van der Waals surface area contributed by atoms with Gasteiger partial charge in [-0.15, -0.1) is 10.2 Å². The number of hydrogen-bond donors (Lipinski definition) is 1. The second-order valence-corrected chi connectivity index (χ2v) is 8.11. The minimum Gasteiger partial charge on any atom is -0.313 e. The fraction of sp³-hybridized carbons (Fsp3) is 0.211. The maximum Gasteiger partial charge on any atom is 0.453 e. The molecule has 1 N–H and O–H groups in total. The number of carbonyl (C=O) groups is 1. The summed E-state index contributed by atoms with van der Waals surface area (Å²) in [5.74, 6) is -1.38. The lowest BCUT2D eigenvalue weighted by Gasteiger charge is -2.33. The molecule has 0 amide bonds. The van der Waals surface area contributed by atoms with Gasteiger partial charge in [-0.05, 0) is 24.6 Å². The van der Waals surface area contributed by atoms with Crippen molar-refractivity contribution in [2.45, 2.75) is 29.5 Å². The van der Waals surface area contributed by atoms with E-state index in [1.54, 1.807) is 36.4 Å². The number of halogens is 4. The average molecular weight is 439 g/mol. The van der Waals surface area contributed by atoms with Crippen molar-refractivity contribution in [3.8, 4) is 0 Å². The first-order valence-electron chi connectivity index (χ1n) is 8.56. The smallest absolute Gasteiger partial charge is 0.313 e. The molecule has 0 spiro atoms. The van der Waals surface area contributed by atoms with Crippen molar-refractivity contribution in [3.05, 3.63) is 76.1 Å². The number of alkyl halides is 3. The number of aromatic nitrogens is 3.